The molecule has 0 spiro atoms. The number of anilines is 1. The summed E-state index contributed by atoms with van der Waals surface area (Å²) in [5.74, 6) is 0.175. The number of carbonyl (C=O) groups excluding carboxylic acids is 1. The average Bonchev–Trinajstić information content (AvgIpc) is 3.19. The predicted molar refractivity (Wildman–Crippen MR) is 145 cm³/mol. The van der Waals surface area contributed by atoms with Crippen molar-refractivity contribution in [2.45, 2.75) is 33.7 Å². The number of benzene rings is 2. The Morgan fingerprint density at radius 2 is 1.95 bits per heavy atom. The van der Waals surface area contributed by atoms with Crippen LogP contribution in [0.1, 0.15) is 44.9 Å². The Labute approximate surface area is 219 Å². The van der Waals surface area contributed by atoms with E-state index in [4.69, 9.17) is 9.47 Å². The predicted octanol–water partition coefficient (Wildman–Crippen LogP) is 3.36. The van der Waals surface area contributed by atoms with Crippen LogP contribution in [0.2, 0.25) is 0 Å². The van der Waals surface area contributed by atoms with Gasteiger partial charge in [-0.05, 0) is 63.6 Å². The molecule has 0 amide bonds. The molecule has 0 saturated carbocycles. The number of hydrogen-bond donors (Lipinski definition) is 1. The molecule has 1 aliphatic rings. The van der Waals surface area contributed by atoms with Crippen LogP contribution < -0.4 is 24.5 Å². The van der Waals surface area contributed by atoms with Gasteiger partial charge in [0.25, 0.3) is 5.56 Å². The van der Waals surface area contributed by atoms with E-state index >= 15 is 0 Å². The molecule has 9 heteroatoms. The molecule has 0 aliphatic carbocycles. The Morgan fingerprint density at radius 3 is 2.59 bits per heavy atom. The summed E-state index contributed by atoms with van der Waals surface area (Å²) in [6.45, 7) is 9.44. The molecule has 37 heavy (non-hydrogen) atoms. The molecule has 1 aliphatic heterocycles. The number of thiazole rings is 1. The first kappa shape index (κ1) is 26.2. The molecule has 0 saturated heterocycles. The van der Waals surface area contributed by atoms with E-state index in [-0.39, 0.29) is 17.9 Å². The van der Waals surface area contributed by atoms with E-state index in [1.807, 2.05) is 18.2 Å². The van der Waals surface area contributed by atoms with Gasteiger partial charge in [-0.25, -0.2) is 9.79 Å². The fourth-order valence-corrected chi connectivity index (χ4v) is 5.54. The molecule has 1 aromatic heterocycles. The molecule has 1 atom stereocenters. The van der Waals surface area contributed by atoms with Crippen molar-refractivity contribution in [1.29, 1.82) is 0 Å². The number of ether oxygens (including phenoxy) is 2. The molecule has 8 nitrogen and oxygen atoms in total. The van der Waals surface area contributed by atoms with Gasteiger partial charge in [-0.3, -0.25) is 9.36 Å². The Bertz CT molecular complexity index is 1530. The number of rotatable bonds is 8. The Morgan fingerprint density at radius 1 is 1.19 bits per heavy atom. The SMILES string of the molecule is CCOC(=O)C1=C(C)N=c2s/c(=C\c3ccc(N(CC)CC)cc3O)c(=O)n2[C@H]1c1cccc(OC)c1. The summed E-state index contributed by atoms with van der Waals surface area (Å²) in [5.41, 5.74) is 2.63. The van der Waals surface area contributed by atoms with E-state index < -0.39 is 12.0 Å². The van der Waals surface area contributed by atoms with Gasteiger partial charge in [-0.15, -0.1) is 0 Å². The molecule has 3 aromatic rings. The second-order valence-electron chi connectivity index (χ2n) is 8.49. The summed E-state index contributed by atoms with van der Waals surface area (Å²) in [4.78, 5) is 34.0. The summed E-state index contributed by atoms with van der Waals surface area (Å²) in [6, 6.07) is 12.0. The van der Waals surface area contributed by atoms with Gasteiger partial charge in [-0.2, -0.15) is 0 Å². The first-order valence-electron chi connectivity index (χ1n) is 12.2. The highest BCUT2D eigenvalue weighted by atomic mass is 32.1. The highest BCUT2D eigenvalue weighted by Gasteiger charge is 2.33. The third-order valence-electron chi connectivity index (χ3n) is 6.36. The number of phenols is 1. The lowest BCUT2D eigenvalue weighted by atomic mass is 9.95. The van der Waals surface area contributed by atoms with Crippen LogP contribution in [0.25, 0.3) is 6.08 Å². The van der Waals surface area contributed by atoms with Crippen LogP contribution in [0, 0.1) is 0 Å². The van der Waals surface area contributed by atoms with Gasteiger partial charge in [0, 0.05) is 30.4 Å². The van der Waals surface area contributed by atoms with Crippen LogP contribution in [0.4, 0.5) is 5.69 Å². The topological polar surface area (TPSA) is 93.4 Å². The molecule has 0 bridgehead atoms. The standard InChI is InChI=1S/C28H31N3O5S/c1-6-30(7-2)20-13-12-18(22(32)16-20)15-23-26(33)31-25(19-10-9-11-21(14-19)35-5)24(27(34)36-8-3)17(4)29-28(31)37-23/h9-16,25,32H,6-8H2,1-5H3/b23-15-/t25-/m0/s1. The Kier molecular flexibility index (Phi) is 7.83. The first-order valence-corrected chi connectivity index (χ1v) is 13.1. The smallest absolute Gasteiger partial charge is 0.338 e. The van der Waals surface area contributed by atoms with Gasteiger partial charge >= 0.3 is 5.97 Å². The minimum atomic E-state index is -0.730. The van der Waals surface area contributed by atoms with Crippen LogP contribution >= 0.6 is 11.3 Å². The molecular weight excluding hydrogens is 490 g/mol. The van der Waals surface area contributed by atoms with Gasteiger partial charge in [-0.1, -0.05) is 23.5 Å². The van der Waals surface area contributed by atoms with Crippen molar-refractivity contribution in [3.05, 3.63) is 84.5 Å². The third kappa shape index (κ3) is 5.04. The number of allylic oxidation sites excluding steroid dienone is 1. The molecule has 1 N–H and O–H groups in total. The zero-order chi connectivity index (χ0) is 26.7. The lowest BCUT2D eigenvalue weighted by Crippen LogP contribution is -2.39. The quantitative estimate of drug-likeness (QED) is 0.457. The molecule has 0 unspecified atom stereocenters. The second-order valence-corrected chi connectivity index (χ2v) is 9.50. The second kappa shape index (κ2) is 11.0. The van der Waals surface area contributed by atoms with E-state index in [2.05, 4.69) is 23.7 Å². The van der Waals surface area contributed by atoms with Crippen LogP contribution in [0.5, 0.6) is 11.5 Å². The molecule has 194 valence electrons. The van der Waals surface area contributed by atoms with E-state index in [0.29, 0.717) is 37.5 Å². The van der Waals surface area contributed by atoms with Crippen molar-refractivity contribution in [2.24, 2.45) is 4.99 Å². The highest BCUT2D eigenvalue weighted by molar-refractivity contribution is 7.07. The van der Waals surface area contributed by atoms with Crippen molar-refractivity contribution in [1.82, 2.24) is 4.57 Å². The largest absolute Gasteiger partial charge is 0.507 e. The fraction of sp³-hybridized carbons (Fsp3) is 0.321. The Hall–Kier alpha value is -3.85. The molecule has 4 rings (SSSR count). The number of phenolic OH excluding ortho intramolecular Hbond substituents is 1. The summed E-state index contributed by atoms with van der Waals surface area (Å²) < 4.78 is 12.7. The van der Waals surface area contributed by atoms with E-state index in [0.717, 1.165) is 18.8 Å². The number of aromatic hydroxyl groups is 1. The lowest BCUT2D eigenvalue weighted by Gasteiger charge is -2.25. The van der Waals surface area contributed by atoms with Crippen LogP contribution in [-0.4, -0.2) is 42.4 Å². The van der Waals surface area contributed by atoms with Crippen LogP contribution in [0.15, 0.2) is 63.5 Å². The number of nitrogens with zero attached hydrogens (tertiary/aromatic N) is 3. The van der Waals surface area contributed by atoms with Gasteiger partial charge in [0.05, 0.1) is 35.6 Å². The zero-order valence-electron chi connectivity index (χ0n) is 21.6. The fourth-order valence-electron chi connectivity index (χ4n) is 4.50. The van der Waals surface area contributed by atoms with Gasteiger partial charge in [0.1, 0.15) is 11.5 Å². The highest BCUT2D eigenvalue weighted by Crippen LogP contribution is 2.32. The van der Waals surface area contributed by atoms with Gasteiger partial charge in [0.2, 0.25) is 0 Å². The van der Waals surface area contributed by atoms with E-state index in [9.17, 15) is 14.7 Å². The maximum absolute atomic E-state index is 13.8. The van der Waals surface area contributed by atoms with Crippen molar-refractivity contribution in [3.8, 4) is 11.5 Å². The van der Waals surface area contributed by atoms with Crippen molar-refractivity contribution in [3.63, 3.8) is 0 Å². The summed E-state index contributed by atoms with van der Waals surface area (Å²) >= 11 is 1.21. The molecule has 0 radical (unpaired) electrons. The average molecular weight is 522 g/mol. The zero-order valence-corrected chi connectivity index (χ0v) is 22.5. The van der Waals surface area contributed by atoms with Crippen molar-refractivity contribution >= 4 is 29.1 Å². The monoisotopic (exact) mass is 521 g/mol. The number of esters is 1. The maximum Gasteiger partial charge on any atom is 0.338 e. The minimum Gasteiger partial charge on any atom is -0.507 e. The number of methoxy groups -OCH3 is 1. The van der Waals surface area contributed by atoms with Gasteiger partial charge in [0.15, 0.2) is 4.80 Å². The first-order chi connectivity index (χ1) is 17.8. The van der Waals surface area contributed by atoms with Crippen molar-refractivity contribution < 1.29 is 19.4 Å². The lowest BCUT2D eigenvalue weighted by molar-refractivity contribution is -0.139. The summed E-state index contributed by atoms with van der Waals surface area (Å²) in [6.07, 6.45) is 1.66. The molecule has 0 fully saturated rings. The summed E-state index contributed by atoms with van der Waals surface area (Å²) in [7, 11) is 1.57. The Balaban J connectivity index is 1.90. The number of hydrogen-bond acceptors (Lipinski definition) is 8. The van der Waals surface area contributed by atoms with Crippen LogP contribution in [0.3, 0.4) is 0 Å². The van der Waals surface area contributed by atoms with E-state index in [1.165, 1.54) is 15.9 Å². The number of fused-ring (bicyclic) bond motifs is 1. The van der Waals surface area contributed by atoms with Gasteiger partial charge < -0.3 is 19.5 Å². The van der Waals surface area contributed by atoms with E-state index in [1.54, 1.807) is 51.3 Å². The molecule has 2 aromatic carbocycles. The molecule has 2 heterocycles. The number of aromatic nitrogens is 1. The maximum atomic E-state index is 13.8. The minimum absolute atomic E-state index is 0.0861. The van der Waals surface area contributed by atoms with Crippen LogP contribution in [-0.2, 0) is 9.53 Å². The normalized spacial score (nSPS) is 15.3. The van der Waals surface area contributed by atoms with Crippen molar-refractivity contribution in [2.75, 3.05) is 31.7 Å². The number of carbonyl (C=O) groups is 1. The third-order valence-corrected chi connectivity index (χ3v) is 7.34. The molecular formula is C28H31N3O5S. The summed E-state index contributed by atoms with van der Waals surface area (Å²) in [5, 5.41) is 10.7.